The average Bonchev–Trinajstić information content (AvgIpc) is 2.44. The molecule has 0 radical (unpaired) electrons. The summed E-state index contributed by atoms with van der Waals surface area (Å²) in [6, 6.07) is 8.39. The summed E-state index contributed by atoms with van der Waals surface area (Å²) in [5, 5.41) is 0.412. The Morgan fingerprint density at radius 2 is 1.80 bits per heavy atom. The maximum atomic E-state index is 13.9. The zero-order valence-electron chi connectivity index (χ0n) is 10.6. The number of hydrogen-bond donors (Lipinski definition) is 0. The standard InChI is InChI=1S/C15H10F2N2O/c1-19-13(14-10(16)5-2-6-11(14)17)8-12-9(15(19)20)4-3-7-18-12/h2-8H,1H3. The second-order valence-corrected chi connectivity index (χ2v) is 4.43. The van der Waals surface area contributed by atoms with Crippen molar-refractivity contribution < 1.29 is 8.78 Å². The van der Waals surface area contributed by atoms with Gasteiger partial charge in [0.15, 0.2) is 0 Å². The summed E-state index contributed by atoms with van der Waals surface area (Å²) in [5.74, 6) is -1.43. The Bertz CT molecular complexity index is 851. The Hall–Kier alpha value is -2.56. The van der Waals surface area contributed by atoms with Gasteiger partial charge in [-0.1, -0.05) is 6.07 Å². The number of aromatic nitrogens is 2. The Morgan fingerprint density at radius 1 is 1.10 bits per heavy atom. The molecule has 0 unspecified atom stereocenters. The van der Waals surface area contributed by atoms with E-state index in [1.807, 2.05) is 0 Å². The van der Waals surface area contributed by atoms with Crippen molar-refractivity contribution in [1.29, 1.82) is 0 Å². The van der Waals surface area contributed by atoms with E-state index in [2.05, 4.69) is 4.98 Å². The number of rotatable bonds is 1. The summed E-state index contributed by atoms with van der Waals surface area (Å²) in [5.41, 5.74) is 0.0120. The molecule has 1 aromatic carbocycles. The zero-order chi connectivity index (χ0) is 14.3. The lowest BCUT2D eigenvalue weighted by atomic mass is 10.1. The fourth-order valence-electron chi connectivity index (χ4n) is 2.21. The van der Waals surface area contributed by atoms with Gasteiger partial charge in [0.25, 0.3) is 5.56 Å². The van der Waals surface area contributed by atoms with E-state index in [1.165, 1.54) is 29.9 Å². The SMILES string of the molecule is Cn1c(-c2c(F)cccc2F)cc2ncccc2c1=O. The lowest BCUT2D eigenvalue weighted by Gasteiger charge is -2.11. The fraction of sp³-hybridized carbons (Fsp3) is 0.0667. The molecule has 0 aliphatic heterocycles. The molecule has 0 saturated carbocycles. The number of halogens is 2. The Morgan fingerprint density at radius 3 is 2.50 bits per heavy atom. The van der Waals surface area contributed by atoms with Gasteiger partial charge in [-0.05, 0) is 30.3 Å². The van der Waals surface area contributed by atoms with Crippen LogP contribution in [0.25, 0.3) is 22.2 Å². The molecule has 0 saturated heterocycles. The molecule has 0 atom stereocenters. The van der Waals surface area contributed by atoms with Crippen LogP contribution in [0.1, 0.15) is 0 Å². The molecule has 0 spiro atoms. The summed E-state index contributed by atoms with van der Waals surface area (Å²) < 4.78 is 29.0. The van der Waals surface area contributed by atoms with Crippen molar-refractivity contribution in [2.45, 2.75) is 0 Å². The van der Waals surface area contributed by atoms with Crippen molar-refractivity contribution in [3.63, 3.8) is 0 Å². The van der Waals surface area contributed by atoms with Crippen molar-refractivity contribution >= 4 is 10.9 Å². The first-order chi connectivity index (χ1) is 9.59. The molecule has 0 aliphatic rings. The molecule has 100 valence electrons. The highest BCUT2D eigenvalue weighted by Gasteiger charge is 2.16. The van der Waals surface area contributed by atoms with Crippen molar-refractivity contribution in [2.75, 3.05) is 0 Å². The fourth-order valence-corrected chi connectivity index (χ4v) is 2.21. The third kappa shape index (κ3) is 1.79. The highest BCUT2D eigenvalue weighted by Crippen LogP contribution is 2.26. The number of pyridine rings is 2. The first kappa shape index (κ1) is 12.5. The zero-order valence-corrected chi connectivity index (χ0v) is 10.6. The van der Waals surface area contributed by atoms with E-state index >= 15 is 0 Å². The van der Waals surface area contributed by atoms with Gasteiger partial charge in [-0.2, -0.15) is 0 Å². The monoisotopic (exact) mass is 272 g/mol. The van der Waals surface area contributed by atoms with Gasteiger partial charge >= 0.3 is 0 Å². The molecule has 0 amide bonds. The average molecular weight is 272 g/mol. The first-order valence-electron chi connectivity index (χ1n) is 5.99. The van der Waals surface area contributed by atoms with Crippen LogP contribution in [0.4, 0.5) is 8.78 Å². The van der Waals surface area contributed by atoms with Crippen LogP contribution in [-0.2, 0) is 7.05 Å². The third-order valence-corrected chi connectivity index (χ3v) is 3.23. The highest BCUT2D eigenvalue weighted by atomic mass is 19.1. The van der Waals surface area contributed by atoms with E-state index < -0.39 is 11.6 Å². The molecule has 0 bridgehead atoms. The number of fused-ring (bicyclic) bond motifs is 1. The van der Waals surface area contributed by atoms with E-state index in [0.717, 1.165) is 12.1 Å². The van der Waals surface area contributed by atoms with Crippen molar-refractivity contribution in [3.05, 3.63) is 64.6 Å². The summed E-state index contributed by atoms with van der Waals surface area (Å²) in [6.07, 6.45) is 1.53. The molecule has 0 N–H and O–H groups in total. The molecule has 0 aliphatic carbocycles. The van der Waals surface area contributed by atoms with Crippen molar-refractivity contribution in [2.24, 2.45) is 7.05 Å². The Kier molecular flexibility index (Phi) is 2.82. The van der Waals surface area contributed by atoms with Gasteiger partial charge in [-0.3, -0.25) is 9.78 Å². The van der Waals surface area contributed by atoms with E-state index in [9.17, 15) is 13.6 Å². The van der Waals surface area contributed by atoms with Gasteiger partial charge in [0.2, 0.25) is 0 Å². The second-order valence-electron chi connectivity index (χ2n) is 4.43. The van der Waals surface area contributed by atoms with Gasteiger partial charge in [-0.25, -0.2) is 8.78 Å². The molecule has 5 heteroatoms. The number of nitrogens with zero attached hydrogens (tertiary/aromatic N) is 2. The van der Waals surface area contributed by atoms with Gasteiger partial charge in [-0.15, -0.1) is 0 Å². The molecule has 2 aromatic heterocycles. The van der Waals surface area contributed by atoms with Gasteiger partial charge in [0, 0.05) is 13.2 Å². The summed E-state index contributed by atoms with van der Waals surface area (Å²) in [7, 11) is 1.48. The predicted octanol–water partition coefficient (Wildman–Crippen LogP) is 2.88. The van der Waals surface area contributed by atoms with Crippen LogP contribution < -0.4 is 5.56 Å². The smallest absolute Gasteiger partial charge is 0.260 e. The second kappa shape index (κ2) is 4.52. The first-order valence-corrected chi connectivity index (χ1v) is 5.99. The third-order valence-electron chi connectivity index (χ3n) is 3.23. The molecule has 3 aromatic rings. The van der Waals surface area contributed by atoms with E-state index in [1.54, 1.807) is 12.1 Å². The molecule has 0 fully saturated rings. The summed E-state index contributed by atoms with van der Waals surface area (Å²) >= 11 is 0. The molecule has 3 nitrogen and oxygen atoms in total. The molecule has 2 heterocycles. The van der Waals surface area contributed by atoms with Crippen LogP contribution in [0.5, 0.6) is 0 Å². The normalized spacial score (nSPS) is 10.9. The Balaban J connectivity index is 2.44. The lowest BCUT2D eigenvalue weighted by molar-refractivity contribution is 0.586. The van der Waals surface area contributed by atoms with Crippen LogP contribution in [0.3, 0.4) is 0 Å². The maximum Gasteiger partial charge on any atom is 0.260 e. The minimum atomic E-state index is -0.713. The molecule has 20 heavy (non-hydrogen) atoms. The molecule has 3 rings (SSSR count). The molecular weight excluding hydrogens is 262 g/mol. The molecular formula is C15H10F2N2O. The predicted molar refractivity (Wildman–Crippen MR) is 72.3 cm³/mol. The van der Waals surface area contributed by atoms with E-state index in [4.69, 9.17) is 0 Å². The van der Waals surface area contributed by atoms with Gasteiger partial charge < -0.3 is 4.57 Å². The summed E-state index contributed by atoms with van der Waals surface area (Å²) in [4.78, 5) is 16.3. The lowest BCUT2D eigenvalue weighted by Crippen LogP contribution is -2.19. The van der Waals surface area contributed by atoms with Crippen LogP contribution in [-0.4, -0.2) is 9.55 Å². The van der Waals surface area contributed by atoms with Gasteiger partial charge in [0.1, 0.15) is 11.6 Å². The number of hydrogen-bond acceptors (Lipinski definition) is 2. The van der Waals surface area contributed by atoms with Crippen LogP contribution in [0.15, 0.2) is 47.4 Å². The van der Waals surface area contributed by atoms with E-state index in [-0.39, 0.29) is 16.8 Å². The minimum Gasteiger partial charge on any atom is -0.310 e. The van der Waals surface area contributed by atoms with Crippen LogP contribution in [0.2, 0.25) is 0 Å². The maximum absolute atomic E-state index is 13.9. The quantitative estimate of drug-likeness (QED) is 0.682. The van der Waals surface area contributed by atoms with Crippen LogP contribution in [0, 0.1) is 11.6 Å². The van der Waals surface area contributed by atoms with E-state index in [0.29, 0.717) is 10.9 Å². The largest absolute Gasteiger partial charge is 0.310 e. The van der Waals surface area contributed by atoms with Crippen molar-refractivity contribution in [1.82, 2.24) is 9.55 Å². The van der Waals surface area contributed by atoms with Crippen molar-refractivity contribution in [3.8, 4) is 11.3 Å². The number of benzene rings is 1. The summed E-state index contributed by atoms with van der Waals surface area (Å²) in [6.45, 7) is 0. The minimum absolute atomic E-state index is 0.164. The van der Waals surface area contributed by atoms with Gasteiger partial charge in [0.05, 0.1) is 22.2 Å². The van der Waals surface area contributed by atoms with Crippen LogP contribution >= 0.6 is 0 Å². The topological polar surface area (TPSA) is 34.9 Å². The Labute approximate surface area is 113 Å². The highest BCUT2D eigenvalue weighted by molar-refractivity contribution is 5.82.